The summed E-state index contributed by atoms with van der Waals surface area (Å²) < 4.78 is 9.35. The van der Waals surface area contributed by atoms with Crippen LogP contribution in [0.5, 0.6) is 0 Å². The van der Waals surface area contributed by atoms with E-state index in [-0.39, 0.29) is 11.5 Å². The molecule has 0 radical (unpaired) electrons. The van der Waals surface area contributed by atoms with Crippen LogP contribution in [0.4, 0.5) is 10.5 Å². The summed E-state index contributed by atoms with van der Waals surface area (Å²) in [7, 11) is 2.52. The van der Waals surface area contributed by atoms with Gasteiger partial charge in [-0.3, -0.25) is 0 Å². The van der Waals surface area contributed by atoms with Gasteiger partial charge >= 0.3 is 18.0 Å². The fourth-order valence-corrected chi connectivity index (χ4v) is 2.02. The van der Waals surface area contributed by atoms with Gasteiger partial charge in [-0.2, -0.15) is 0 Å². The summed E-state index contributed by atoms with van der Waals surface area (Å²) in [5.41, 5.74) is 0.522. The van der Waals surface area contributed by atoms with Gasteiger partial charge in [0, 0.05) is 0 Å². The van der Waals surface area contributed by atoms with Crippen LogP contribution in [0.15, 0.2) is 24.3 Å². The predicted molar refractivity (Wildman–Crippen MR) is 85.2 cm³/mol. The zero-order valence-corrected chi connectivity index (χ0v) is 13.7. The maximum atomic E-state index is 12.1. The van der Waals surface area contributed by atoms with Crippen molar-refractivity contribution in [1.29, 1.82) is 0 Å². The molecule has 2 amide bonds. The lowest BCUT2D eigenvalue weighted by Gasteiger charge is -2.19. The highest BCUT2D eigenvalue weighted by atomic mass is 16.5. The fourth-order valence-electron chi connectivity index (χ4n) is 2.02. The van der Waals surface area contributed by atoms with Crippen LogP contribution in [0.1, 0.15) is 30.6 Å². The number of esters is 2. The minimum absolute atomic E-state index is 0.196. The Hall–Kier alpha value is -2.57. The van der Waals surface area contributed by atoms with Crippen molar-refractivity contribution in [3.05, 3.63) is 29.8 Å². The number of hydrogen-bond donors (Lipinski definition) is 2. The van der Waals surface area contributed by atoms with E-state index in [4.69, 9.17) is 0 Å². The van der Waals surface area contributed by atoms with E-state index in [1.165, 1.54) is 20.3 Å². The molecule has 23 heavy (non-hydrogen) atoms. The average molecular weight is 322 g/mol. The van der Waals surface area contributed by atoms with Crippen LogP contribution in [0.3, 0.4) is 0 Å². The minimum Gasteiger partial charge on any atom is -0.467 e. The number of nitrogens with one attached hydrogen (secondary N) is 2. The fraction of sp³-hybridized carbons (Fsp3) is 0.438. The highest BCUT2D eigenvalue weighted by Crippen LogP contribution is 2.16. The highest BCUT2D eigenvalue weighted by molar-refractivity contribution is 6.01. The summed E-state index contributed by atoms with van der Waals surface area (Å²) in [5, 5.41) is 5.10. The van der Waals surface area contributed by atoms with E-state index in [9.17, 15) is 14.4 Å². The maximum Gasteiger partial charge on any atom is 0.339 e. The van der Waals surface area contributed by atoms with Crippen molar-refractivity contribution >= 4 is 23.7 Å². The molecule has 0 fully saturated rings. The first kappa shape index (κ1) is 18.5. The standard InChI is InChI=1S/C16H22N2O5/c1-10(2)9-13(15(20)23-4)18-16(21)17-12-8-6-5-7-11(12)14(19)22-3/h5-8,10,13H,9H2,1-4H3,(H2,17,18,21)/t13-/m0/s1. The molecule has 0 aromatic heterocycles. The first-order valence-electron chi connectivity index (χ1n) is 7.21. The Bertz CT molecular complexity index is 571. The molecule has 1 rings (SSSR count). The zero-order chi connectivity index (χ0) is 17.4. The summed E-state index contributed by atoms with van der Waals surface area (Å²) in [6.07, 6.45) is 0.443. The largest absolute Gasteiger partial charge is 0.467 e. The number of carbonyl (C=O) groups excluding carboxylic acids is 3. The molecule has 1 aromatic rings. The first-order valence-corrected chi connectivity index (χ1v) is 7.21. The summed E-state index contributed by atoms with van der Waals surface area (Å²) >= 11 is 0. The average Bonchev–Trinajstić information content (AvgIpc) is 2.52. The first-order chi connectivity index (χ1) is 10.9. The van der Waals surface area contributed by atoms with Crippen molar-refractivity contribution in [2.24, 2.45) is 5.92 Å². The lowest BCUT2D eigenvalue weighted by molar-refractivity contribution is -0.143. The Morgan fingerprint density at radius 3 is 2.30 bits per heavy atom. The molecule has 0 spiro atoms. The van der Waals surface area contributed by atoms with Gasteiger partial charge in [-0.1, -0.05) is 26.0 Å². The third kappa shape index (κ3) is 5.61. The quantitative estimate of drug-likeness (QED) is 0.783. The number of para-hydroxylation sites is 1. The van der Waals surface area contributed by atoms with Gasteiger partial charge in [0.1, 0.15) is 6.04 Å². The Kier molecular flexibility index (Phi) is 7.05. The van der Waals surface area contributed by atoms with Crippen LogP contribution < -0.4 is 10.6 Å². The van der Waals surface area contributed by atoms with Gasteiger partial charge in [0.25, 0.3) is 0 Å². The topological polar surface area (TPSA) is 93.7 Å². The molecular weight excluding hydrogens is 300 g/mol. The second-order valence-electron chi connectivity index (χ2n) is 5.34. The van der Waals surface area contributed by atoms with Gasteiger partial charge in [-0.25, -0.2) is 14.4 Å². The van der Waals surface area contributed by atoms with Crippen LogP contribution in [0, 0.1) is 5.92 Å². The predicted octanol–water partition coefficient (Wildman–Crippen LogP) is 2.18. The number of methoxy groups -OCH3 is 2. The second kappa shape index (κ2) is 8.77. The van der Waals surface area contributed by atoms with Crippen molar-refractivity contribution in [2.45, 2.75) is 26.3 Å². The zero-order valence-electron chi connectivity index (χ0n) is 13.7. The Balaban J connectivity index is 2.83. The van der Waals surface area contributed by atoms with Gasteiger partial charge in [-0.15, -0.1) is 0 Å². The minimum atomic E-state index is -0.759. The monoisotopic (exact) mass is 322 g/mol. The van der Waals surface area contributed by atoms with E-state index < -0.39 is 24.0 Å². The van der Waals surface area contributed by atoms with Crippen molar-refractivity contribution in [3.8, 4) is 0 Å². The molecule has 126 valence electrons. The van der Waals surface area contributed by atoms with Crippen molar-refractivity contribution in [1.82, 2.24) is 5.32 Å². The molecule has 0 bridgehead atoms. The normalized spacial score (nSPS) is 11.5. The number of anilines is 1. The van der Waals surface area contributed by atoms with E-state index in [2.05, 4.69) is 20.1 Å². The molecule has 0 aliphatic carbocycles. The Labute approximate surface area is 135 Å². The number of amides is 2. The van der Waals surface area contributed by atoms with Crippen LogP contribution in [0.2, 0.25) is 0 Å². The van der Waals surface area contributed by atoms with Crippen molar-refractivity contribution in [2.75, 3.05) is 19.5 Å². The smallest absolute Gasteiger partial charge is 0.339 e. The number of hydrogen-bond acceptors (Lipinski definition) is 5. The molecule has 2 N–H and O–H groups in total. The molecule has 1 aromatic carbocycles. The van der Waals surface area contributed by atoms with Crippen LogP contribution in [0.25, 0.3) is 0 Å². The van der Waals surface area contributed by atoms with Gasteiger partial charge in [-0.05, 0) is 24.5 Å². The van der Waals surface area contributed by atoms with Gasteiger partial charge in [0.2, 0.25) is 0 Å². The molecular formula is C16H22N2O5. The number of urea groups is 1. The van der Waals surface area contributed by atoms with E-state index in [0.29, 0.717) is 12.1 Å². The second-order valence-corrected chi connectivity index (χ2v) is 5.34. The summed E-state index contributed by atoms with van der Waals surface area (Å²) in [6, 6.07) is 5.08. The van der Waals surface area contributed by atoms with Gasteiger partial charge in [0.15, 0.2) is 0 Å². The molecule has 0 aliphatic rings. The third-order valence-corrected chi connectivity index (χ3v) is 3.08. The van der Waals surface area contributed by atoms with Crippen molar-refractivity contribution in [3.63, 3.8) is 0 Å². The van der Waals surface area contributed by atoms with E-state index >= 15 is 0 Å². The highest BCUT2D eigenvalue weighted by Gasteiger charge is 2.23. The van der Waals surface area contributed by atoms with Crippen LogP contribution in [-0.4, -0.2) is 38.2 Å². The molecule has 1 atom stereocenters. The summed E-state index contributed by atoms with van der Waals surface area (Å²) in [5.74, 6) is -0.885. The summed E-state index contributed by atoms with van der Waals surface area (Å²) in [6.45, 7) is 3.87. The summed E-state index contributed by atoms with van der Waals surface area (Å²) in [4.78, 5) is 35.5. The molecule has 7 nitrogen and oxygen atoms in total. The molecule has 0 saturated heterocycles. The molecule has 0 unspecified atom stereocenters. The van der Waals surface area contributed by atoms with E-state index in [1.807, 2.05) is 13.8 Å². The third-order valence-electron chi connectivity index (χ3n) is 3.08. The lowest BCUT2D eigenvalue weighted by atomic mass is 10.0. The van der Waals surface area contributed by atoms with Crippen LogP contribution in [-0.2, 0) is 14.3 Å². The molecule has 0 heterocycles. The lowest BCUT2D eigenvalue weighted by Crippen LogP contribution is -2.44. The number of ether oxygens (including phenoxy) is 2. The van der Waals surface area contributed by atoms with Crippen molar-refractivity contribution < 1.29 is 23.9 Å². The molecule has 0 saturated carbocycles. The number of rotatable bonds is 6. The SMILES string of the molecule is COC(=O)c1ccccc1NC(=O)N[C@@H](CC(C)C)C(=O)OC. The van der Waals surface area contributed by atoms with E-state index in [0.717, 1.165) is 0 Å². The molecule has 0 aliphatic heterocycles. The molecule has 7 heteroatoms. The maximum absolute atomic E-state index is 12.1. The Morgan fingerprint density at radius 2 is 1.74 bits per heavy atom. The number of carbonyl (C=O) groups is 3. The number of benzene rings is 1. The Morgan fingerprint density at radius 1 is 1.09 bits per heavy atom. The van der Waals surface area contributed by atoms with Gasteiger partial charge < -0.3 is 20.1 Å². The van der Waals surface area contributed by atoms with Gasteiger partial charge in [0.05, 0.1) is 25.5 Å². The van der Waals surface area contributed by atoms with E-state index in [1.54, 1.807) is 18.2 Å². The van der Waals surface area contributed by atoms with Crippen LogP contribution >= 0.6 is 0 Å².